The van der Waals surface area contributed by atoms with Gasteiger partial charge in [-0.05, 0) is 12.1 Å². The fraction of sp³-hybridized carbons (Fsp3) is 0.182. The number of carbonyl (C=O) groups is 1. The highest BCUT2D eigenvalue weighted by atomic mass is 19.1. The zero-order valence-corrected chi connectivity index (χ0v) is 8.26. The lowest BCUT2D eigenvalue weighted by molar-refractivity contribution is -0.117. The largest absolute Gasteiger partial charge is 0.391 e. The molecule has 0 aromatic heterocycles. The van der Waals surface area contributed by atoms with Crippen molar-refractivity contribution < 1.29 is 18.7 Å². The number of rotatable bonds is 2. The number of primary amides is 1. The van der Waals surface area contributed by atoms with Crippen LogP contribution >= 0.6 is 0 Å². The van der Waals surface area contributed by atoms with Gasteiger partial charge in [0.15, 0.2) is 0 Å². The van der Waals surface area contributed by atoms with Gasteiger partial charge in [0.05, 0.1) is 13.0 Å². The molecule has 0 aliphatic rings. The standard InChI is InChI=1S/C11H9F2NO2/c12-9-4-7(2-1-3-11(14)16)5-10(13)8(9)6-15/h4-5,15H,3,6H2,(H2,14,16). The first-order valence-corrected chi connectivity index (χ1v) is 4.40. The Morgan fingerprint density at radius 1 is 1.38 bits per heavy atom. The van der Waals surface area contributed by atoms with Crippen LogP contribution in [0.2, 0.25) is 0 Å². The quantitative estimate of drug-likeness (QED) is 0.727. The molecule has 0 atom stereocenters. The summed E-state index contributed by atoms with van der Waals surface area (Å²) in [4.78, 5) is 10.4. The lowest BCUT2D eigenvalue weighted by Gasteiger charge is -2.01. The predicted molar refractivity (Wildman–Crippen MR) is 53.0 cm³/mol. The molecule has 0 aliphatic carbocycles. The number of nitrogens with two attached hydrogens (primary N) is 1. The molecule has 3 nitrogen and oxygen atoms in total. The van der Waals surface area contributed by atoms with Crippen molar-refractivity contribution in [3.05, 3.63) is 34.9 Å². The van der Waals surface area contributed by atoms with Gasteiger partial charge in [0.25, 0.3) is 0 Å². The van der Waals surface area contributed by atoms with Crippen LogP contribution in [0, 0.1) is 23.5 Å². The summed E-state index contributed by atoms with van der Waals surface area (Å²) in [5, 5.41) is 8.66. The molecule has 1 amide bonds. The minimum Gasteiger partial charge on any atom is -0.391 e. The molecule has 0 saturated heterocycles. The topological polar surface area (TPSA) is 63.3 Å². The van der Waals surface area contributed by atoms with Crippen molar-refractivity contribution >= 4 is 5.91 Å². The highest BCUT2D eigenvalue weighted by Crippen LogP contribution is 2.14. The molecule has 0 fully saturated rings. The van der Waals surface area contributed by atoms with E-state index in [2.05, 4.69) is 11.8 Å². The number of aliphatic hydroxyl groups is 1. The first kappa shape index (κ1) is 12.1. The summed E-state index contributed by atoms with van der Waals surface area (Å²) in [5.41, 5.74) is 4.53. The molecule has 3 N–H and O–H groups in total. The first-order valence-electron chi connectivity index (χ1n) is 4.40. The van der Waals surface area contributed by atoms with Crippen molar-refractivity contribution in [1.82, 2.24) is 0 Å². The fourth-order valence-corrected chi connectivity index (χ4v) is 1.06. The van der Waals surface area contributed by atoms with Crippen LogP contribution in [0.3, 0.4) is 0 Å². The maximum absolute atomic E-state index is 13.1. The average Bonchev–Trinajstić information content (AvgIpc) is 2.16. The second-order valence-corrected chi connectivity index (χ2v) is 3.02. The van der Waals surface area contributed by atoms with E-state index in [0.29, 0.717) is 0 Å². The van der Waals surface area contributed by atoms with Gasteiger partial charge < -0.3 is 10.8 Å². The summed E-state index contributed by atoms with van der Waals surface area (Å²) < 4.78 is 26.3. The zero-order valence-electron chi connectivity index (χ0n) is 8.26. The van der Waals surface area contributed by atoms with Gasteiger partial charge in [0.1, 0.15) is 11.6 Å². The normalized spacial score (nSPS) is 9.44. The molecule has 0 bridgehead atoms. The molecule has 0 saturated carbocycles. The fourth-order valence-electron chi connectivity index (χ4n) is 1.06. The molecule has 1 rings (SSSR count). The van der Waals surface area contributed by atoms with Gasteiger partial charge in [-0.3, -0.25) is 4.79 Å². The Bertz CT molecular complexity index is 452. The van der Waals surface area contributed by atoms with E-state index in [4.69, 9.17) is 10.8 Å². The average molecular weight is 225 g/mol. The third-order valence-corrected chi connectivity index (χ3v) is 1.79. The molecule has 0 radical (unpaired) electrons. The molecule has 5 heteroatoms. The summed E-state index contributed by atoms with van der Waals surface area (Å²) in [6.45, 7) is -0.716. The lowest BCUT2D eigenvalue weighted by atomic mass is 10.1. The molecule has 16 heavy (non-hydrogen) atoms. The van der Waals surface area contributed by atoms with E-state index in [1.165, 1.54) is 0 Å². The van der Waals surface area contributed by atoms with Crippen LogP contribution in [0.15, 0.2) is 12.1 Å². The van der Waals surface area contributed by atoms with E-state index >= 15 is 0 Å². The van der Waals surface area contributed by atoms with Crippen LogP contribution in [0.25, 0.3) is 0 Å². The Kier molecular flexibility index (Phi) is 3.97. The van der Waals surface area contributed by atoms with Crippen LogP contribution in [0.4, 0.5) is 8.78 Å². The Morgan fingerprint density at radius 3 is 2.38 bits per heavy atom. The molecule has 0 unspecified atom stereocenters. The molecule has 0 aliphatic heterocycles. The van der Waals surface area contributed by atoms with Crippen LogP contribution in [-0.4, -0.2) is 11.0 Å². The summed E-state index contributed by atoms with van der Waals surface area (Å²) in [5.74, 6) is 2.42. The molecular weight excluding hydrogens is 216 g/mol. The summed E-state index contributed by atoms with van der Waals surface area (Å²) in [6.07, 6.45) is -0.176. The second-order valence-electron chi connectivity index (χ2n) is 3.02. The number of hydrogen-bond donors (Lipinski definition) is 2. The van der Waals surface area contributed by atoms with E-state index in [1.807, 2.05) is 0 Å². The number of amides is 1. The van der Waals surface area contributed by atoms with Crippen molar-refractivity contribution in [3.8, 4) is 11.8 Å². The van der Waals surface area contributed by atoms with Crippen molar-refractivity contribution in [1.29, 1.82) is 0 Å². The number of halogens is 2. The smallest absolute Gasteiger partial charge is 0.229 e. The van der Waals surface area contributed by atoms with Gasteiger partial charge in [-0.25, -0.2) is 8.78 Å². The van der Waals surface area contributed by atoms with Crippen molar-refractivity contribution in [2.75, 3.05) is 0 Å². The third kappa shape index (κ3) is 3.04. The number of aliphatic hydroxyl groups excluding tert-OH is 1. The Morgan fingerprint density at radius 2 is 1.94 bits per heavy atom. The van der Waals surface area contributed by atoms with E-state index in [-0.39, 0.29) is 12.0 Å². The van der Waals surface area contributed by atoms with Crippen molar-refractivity contribution in [2.24, 2.45) is 5.73 Å². The Hall–Kier alpha value is -1.93. The van der Waals surface area contributed by atoms with Crippen molar-refractivity contribution in [2.45, 2.75) is 13.0 Å². The van der Waals surface area contributed by atoms with E-state index in [9.17, 15) is 13.6 Å². The van der Waals surface area contributed by atoms with Gasteiger partial charge in [0.2, 0.25) is 5.91 Å². The summed E-state index contributed by atoms with van der Waals surface area (Å²) >= 11 is 0. The number of benzene rings is 1. The Labute approximate surface area is 90.9 Å². The maximum atomic E-state index is 13.1. The SMILES string of the molecule is NC(=O)CC#Cc1cc(F)c(CO)c(F)c1. The van der Waals surface area contributed by atoms with Crippen molar-refractivity contribution in [3.63, 3.8) is 0 Å². The number of hydrogen-bond acceptors (Lipinski definition) is 2. The monoisotopic (exact) mass is 225 g/mol. The van der Waals surface area contributed by atoms with E-state index in [0.717, 1.165) is 12.1 Å². The molecule has 1 aromatic carbocycles. The molecule has 84 valence electrons. The third-order valence-electron chi connectivity index (χ3n) is 1.79. The molecule has 0 spiro atoms. The van der Waals surface area contributed by atoms with Gasteiger partial charge in [-0.1, -0.05) is 11.8 Å². The van der Waals surface area contributed by atoms with E-state index < -0.39 is 29.7 Å². The highest BCUT2D eigenvalue weighted by molar-refractivity contribution is 5.76. The highest BCUT2D eigenvalue weighted by Gasteiger charge is 2.08. The van der Waals surface area contributed by atoms with Crippen LogP contribution < -0.4 is 5.73 Å². The predicted octanol–water partition coefficient (Wildman–Crippen LogP) is 0.684. The number of carbonyl (C=O) groups excluding carboxylic acids is 1. The Balaban J connectivity index is 2.98. The van der Waals surface area contributed by atoms with Crippen LogP contribution in [-0.2, 0) is 11.4 Å². The summed E-state index contributed by atoms with van der Waals surface area (Å²) in [6, 6.07) is 1.98. The van der Waals surface area contributed by atoms with Gasteiger partial charge in [-0.2, -0.15) is 0 Å². The van der Waals surface area contributed by atoms with Gasteiger partial charge in [0, 0.05) is 11.1 Å². The van der Waals surface area contributed by atoms with Gasteiger partial charge >= 0.3 is 0 Å². The molecule has 1 aromatic rings. The minimum absolute atomic E-state index is 0.0912. The molecule has 0 heterocycles. The molecular formula is C11H9F2NO2. The van der Waals surface area contributed by atoms with E-state index in [1.54, 1.807) is 0 Å². The lowest BCUT2D eigenvalue weighted by Crippen LogP contribution is -2.08. The second kappa shape index (κ2) is 5.24. The minimum atomic E-state index is -0.870. The maximum Gasteiger partial charge on any atom is 0.229 e. The first-order chi connectivity index (χ1) is 7.54. The van der Waals surface area contributed by atoms with Crippen LogP contribution in [0.1, 0.15) is 17.5 Å². The summed E-state index contributed by atoms with van der Waals surface area (Å²) in [7, 11) is 0. The van der Waals surface area contributed by atoms with Gasteiger partial charge in [-0.15, -0.1) is 0 Å². The van der Waals surface area contributed by atoms with Crippen LogP contribution in [0.5, 0.6) is 0 Å². The zero-order chi connectivity index (χ0) is 12.1.